The summed E-state index contributed by atoms with van der Waals surface area (Å²) >= 11 is 0. The quantitative estimate of drug-likeness (QED) is 0.844. The van der Waals surface area contributed by atoms with E-state index in [1.807, 2.05) is 12.1 Å². The van der Waals surface area contributed by atoms with Gasteiger partial charge in [-0.05, 0) is 42.9 Å². The lowest BCUT2D eigenvalue weighted by molar-refractivity contribution is 0.146. The number of alkyl halides is 1. The maximum atomic E-state index is 15.0. The van der Waals surface area contributed by atoms with Gasteiger partial charge in [0.2, 0.25) is 0 Å². The molecule has 1 saturated heterocycles. The van der Waals surface area contributed by atoms with E-state index >= 15 is 0 Å². The average molecular weight is 277 g/mol. The van der Waals surface area contributed by atoms with Gasteiger partial charge in [0.05, 0.1) is 0 Å². The van der Waals surface area contributed by atoms with Gasteiger partial charge < -0.3 is 5.32 Å². The van der Waals surface area contributed by atoms with Gasteiger partial charge in [-0.25, -0.2) is 4.39 Å². The Morgan fingerprint density at radius 1 is 1.05 bits per heavy atom. The Labute approximate surface area is 123 Å². The van der Waals surface area contributed by atoms with Gasteiger partial charge in [0.25, 0.3) is 0 Å². The van der Waals surface area contributed by atoms with Crippen molar-refractivity contribution in [3.63, 3.8) is 0 Å². The van der Waals surface area contributed by atoms with Crippen LogP contribution in [0.2, 0.25) is 0 Å². The maximum Gasteiger partial charge on any atom is 0.134 e. The summed E-state index contributed by atoms with van der Waals surface area (Å²) in [4.78, 5) is 0. The van der Waals surface area contributed by atoms with Crippen molar-refractivity contribution in [2.45, 2.75) is 70.5 Å². The minimum absolute atomic E-state index is 0.121. The summed E-state index contributed by atoms with van der Waals surface area (Å²) in [6.07, 6.45) is 4.11. The molecule has 2 unspecified atom stereocenters. The standard InChI is InChI=1S/C18H28FN/c1-17(2,3)14-8-10-15(11-9-14)18(4,19)13-16-7-5-6-12-20-16/h8-11,16,20H,5-7,12-13H2,1-4H3. The number of benzene rings is 1. The summed E-state index contributed by atoms with van der Waals surface area (Å²) in [7, 11) is 0. The van der Waals surface area contributed by atoms with E-state index in [2.05, 4.69) is 38.2 Å². The summed E-state index contributed by atoms with van der Waals surface area (Å²) < 4.78 is 15.0. The second-order valence-corrected chi connectivity index (χ2v) is 7.38. The summed E-state index contributed by atoms with van der Waals surface area (Å²) in [6, 6.07) is 8.39. The van der Waals surface area contributed by atoms with Crippen LogP contribution in [0.25, 0.3) is 0 Å². The largest absolute Gasteiger partial charge is 0.314 e. The van der Waals surface area contributed by atoms with E-state index in [1.165, 1.54) is 18.4 Å². The molecule has 112 valence electrons. The second-order valence-electron chi connectivity index (χ2n) is 7.38. The molecular formula is C18H28FN. The molecule has 1 heterocycles. The van der Waals surface area contributed by atoms with Crippen LogP contribution in [-0.4, -0.2) is 12.6 Å². The zero-order chi connectivity index (χ0) is 14.8. The van der Waals surface area contributed by atoms with Crippen molar-refractivity contribution in [2.24, 2.45) is 0 Å². The molecule has 1 N–H and O–H groups in total. The van der Waals surface area contributed by atoms with Crippen LogP contribution in [0.3, 0.4) is 0 Å². The van der Waals surface area contributed by atoms with Gasteiger partial charge in [0.1, 0.15) is 5.67 Å². The van der Waals surface area contributed by atoms with Gasteiger partial charge in [0.15, 0.2) is 0 Å². The molecule has 0 radical (unpaired) electrons. The number of halogens is 1. The number of hydrogen-bond acceptors (Lipinski definition) is 1. The first-order chi connectivity index (χ1) is 9.29. The molecule has 1 nitrogen and oxygen atoms in total. The third-order valence-electron chi connectivity index (χ3n) is 4.39. The molecule has 20 heavy (non-hydrogen) atoms. The van der Waals surface area contributed by atoms with E-state index in [9.17, 15) is 4.39 Å². The molecule has 2 heteroatoms. The van der Waals surface area contributed by atoms with E-state index < -0.39 is 5.67 Å². The van der Waals surface area contributed by atoms with Gasteiger partial charge in [-0.15, -0.1) is 0 Å². The highest BCUT2D eigenvalue weighted by Crippen LogP contribution is 2.33. The molecule has 1 aliphatic heterocycles. The van der Waals surface area contributed by atoms with Crippen LogP contribution >= 0.6 is 0 Å². The average Bonchev–Trinajstić information content (AvgIpc) is 2.38. The highest BCUT2D eigenvalue weighted by Gasteiger charge is 2.30. The summed E-state index contributed by atoms with van der Waals surface area (Å²) in [6.45, 7) is 9.30. The van der Waals surface area contributed by atoms with Crippen molar-refractivity contribution in [3.05, 3.63) is 35.4 Å². The van der Waals surface area contributed by atoms with Crippen molar-refractivity contribution in [1.82, 2.24) is 5.32 Å². The van der Waals surface area contributed by atoms with Gasteiger partial charge in [-0.3, -0.25) is 0 Å². The number of piperidine rings is 1. The third-order valence-corrected chi connectivity index (χ3v) is 4.39. The monoisotopic (exact) mass is 277 g/mol. The Hall–Kier alpha value is -0.890. The first-order valence-corrected chi connectivity index (χ1v) is 7.82. The fourth-order valence-corrected chi connectivity index (χ4v) is 3.00. The molecule has 2 atom stereocenters. The maximum absolute atomic E-state index is 15.0. The Morgan fingerprint density at radius 3 is 2.15 bits per heavy atom. The van der Waals surface area contributed by atoms with E-state index in [1.54, 1.807) is 6.92 Å². The number of rotatable bonds is 3. The van der Waals surface area contributed by atoms with Crippen molar-refractivity contribution < 1.29 is 4.39 Å². The molecule has 1 aromatic rings. The van der Waals surface area contributed by atoms with Crippen LogP contribution < -0.4 is 5.32 Å². The molecule has 0 aromatic heterocycles. The SMILES string of the molecule is CC(C)(C)c1ccc(C(C)(F)CC2CCCCN2)cc1. The fourth-order valence-electron chi connectivity index (χ4n) is 3.00. The van der Waals surface area contributed by atoms with Gasteiger partial charge >= 0.3 is 0 Å². The lowest BCUT2D eigenvalue weighted by Gasteiger charge is -2.30. The van der Waals surface area contributed by atoms with Crippen molar-refractivity contribution in [1.29, 1.82) is 0 Å². The Morgan fingerprint density at radius 2 is 1.65 bits per heavy atom. The van der Waals surface area contributed by atoms with Crippen molar-refractivity contribution in [2.75, 3.05) is 6.54 Å². The van der Waals surface area contributed by atoms with E-state index in [0.29, 0.717) is 12.5 Å². The molecule has 0 bridgehead atoms. The molecule has 0 saturated carbocycles. The highest BCUT2D eigenvalue weighted by atomic mass is 19.1. The third kappa shape index (κ3) is 3.82. The molecule has 0 amide bonds. The van der Waals surface area contributed by atoms with E-state index in [4.69, 9.17) is 0 Å². The highest BCUT2D eigenvalue weighted by molar-refractivity contribution is 5.30. The minimum Gasteiger partial charge on any atom is -0.314 e. The summed E-state index contributed by atoms with van der Waals surface area (Å²) in [5, 5.41) is 3.44. The minimum atomic E-state index is -1.24. The zero-order valence-corrected chi connectivity index (χ0v) is 13.3. The van der Waals surface area contributed by atoms with Gasteiger partial charge in [0, 0.05) is 12.5 Å². The second kappa shape index (κ2) is 5.85. The Bertz CT molecular complexity index is 422. The van der Waals surface area contributed by atoms with Crippen molar-refractivity contribution >= 4 is 0 Å². The lowest BCUT2D eigenvalue weighted by Crippen LogP contribution is -2.38. The lowest BCUT2D eigenvalue weighted by atomic mass is 9.83. The molecule has 0 aliphatic carbocycles. The van der Waals surface area contributed by atoms with Crippen LogP contribution in [0.5, 0.6) is 0 Å². The molecule has 1 fully saturated rings. The van der Waals surface area contributed by atoms with Gasteiger partial charge in [-0.2, -0.15) is 0 Å². The number of nitrogens with one attached hydrogen (secondary N) is 1. The van der Waals surface area contributed by atoms with Gasteiger partial charge in [-0.1, -0.05) is 51.5 Å². The summed E-state index contributed by atoms with van der Waals surface area (Å²) in [5.74, 6) is 0. The normalized spacial score (nSPS) is 23.4. The fraction of sp³-hybridized carbons (Fsp3) is 0.667. The molecule has 1 aliphatic rings. The van der Waals surface area contributed by atoms with Crippen molar-refractivity contribution in [3.8, 4) is 0 Å². The Kier molecular flexibility index (Phi) is 4.53. The van der Waals surface area contributed by atoms with E-state index in [-0.39, 0.29) is 5.41 Å². The topological polar surface area (TPSA) is 12.0 Å². The molecular weight excluding hydrogens is 249 g/mol. The van der Waals surface area contributed by atoms with Crippen LogP contribution in [0.15, 0.2) is 24.3 Å². The smallest absolute Gasteiger partial charge is 0.134 e. The number of hydrogen-bond donors (Lipinski definition) is 1. The molecule has 0 spiro atoms. The van der Waals surface area contributed by atoms with Crippen LogP contribution in [-0.2, 0) is 11.1 Å². The molecule has 2 rings (SSSR count). The zero-order valence-electron chi connectivity index (χ0n) is 13.3. The van der Waals surface area contributed by atoms with Crippen LogP contribution in [0.1, 0.15) is 64.5 Å². The van der Waals surface area contributed by atoms with Crippen LogP contribution in [0, 0.1) is 0 Å². The molecule has 1 aromatic carbocycles. The predicted molar refractivity (Wildman–Crippen MR) is 83.9 cm³/mol. The first kappa shape index (κ1) is 15.5. The first-order valence-electron chi connectivity index (χ1n) is 7.82. The van der Waals surface area contributed by atoms with E-state index in [0.717, 1.165) is 18.5 Å². The Balaban J connectivity index is 2.08. The van der Waals surface area contributed by atoms with Crippen LogP contribution in [0.4, 0.5) is 4.39 Å². The predicted octanol–water partition coefficient (Wildman–Crippen LogP) is 4.70. The summed E-state index contributed by atoms with van der Waals surface area (Å²) in [5.41, 5.74) is 0.937.